The minimum atomic E-state index is 0.106. The zero-order valence-electron chi connectivity index (χ0n) is 13.3. The molecule has 22 heavy (non-hydrogen) atoms. The lowest BCUT2D eigenvalue weighted by Gasteiger charge is -2.26. The van der Waals surface area contributed by atoms with E-state index in [-0.39, 0.29) is 6.03 Å². The molecular formula is C18H23N3O. The van der Waals surface area contributed by atoms with Crippen LogP contribution in [0.3, 0.4) is 0 Å². The Morgan fingerprint density at radius 1 is 1.14 bits per heavy atom. The summed E-state index contributed by atoms with van der Waals surface area (Å²) in [5.74, 6) is 0. The van der Waals surface area contributed by atoms with Gasteiger partial charge in [0.2, 0.25) is 0 Å². The summed E-state index contributed by atoms with van der Waals surface area (Å²) in [6.07, 6.45) is 4.34. The normalized spacial score (nSPS) is 13.9. The highest BCUT2D eigenvalue weighted by Gasteiger charge is 2.33. The standard InChI is InChI=1S/C18H23N3O/c1-19(2)18(22)21(16-10-11-16)14-17-9-6-12-20(17)13-15-7-4-3-5-8-15/h3-9,12,16H,10-11,13-14H2,1-2H3. The molecule has 1 aliphatic rings. The highest BCUT2D eigenvalue weighted by atomic mass is 16.2. The van der Waals surface area contributed by atoms with Crippen LogP contribution in [-0.2, 0) is 13.1 Å². The Balaban J connectivity index is 1.75. The van der Waals surface area contributed by atoms with E-state index in [0.717, 1.165) is 19.4 Å². The smallest absolute Gasteiger partial charge is 0.320 e. The molecule has 0 saturated heterocycles. The summed E-state index contributed by atoms with van der Waals surface area (Å²) in [5, 5.41) is 0. The molecule has 1 aromatic carbocycles. The van der Waals surface area contributed by atoms with Crippen LogP contribution in [0.2, 0.25) is 0 Å². The maximum absolute atomic E-state index is 12.4. The van der Waals surface area contributed by atoms with Gasteiger partial charge in [-0.15, -0.1) is 0 Å². The predicted molar refractivity (Wildman–Crippen MR) is 87.6 cm³/mol. The maximum Gasteiger partial charge on any atom is 0.320 e. The third-order valence-electron chi connectivity index (χ3n) is 4.07. The molecule has 0 atom stereocenters. The number of nitrogens with zero attached hydrogens (tertiary/aromatic N) is 3. The summed E-state index contributed by atoms with van der Waals surface area (Å²) in [6, 6.07) is 15.1. The number of hydrogen-bond acceptors (Lipinski definition) is 1. The molecule has 4 nitrogen and oxygen atoms in total. The molecule has 0 aliphatic heterocycles. The molecule has 1 saturated carbocycles. The molecule has 1 heterocycles. The van der Waals surface area contributed by atoms with Gasteiger partial charge in [-0.1, -0.05) is 30.3 Å². The quantitative estimate of drug-likeness (QED) is 0.833. The molecule has 0 unspecified atom stereocenters. The van der Waals surface area contributed by atoms with Crippen LogP contribution in [0.15, 0.2) is 48.7 Å². The van der Waals surface area contributed by atoms with Gasteiger partial charge in [-0.3, -0.25) is 0 Å². The van der Waals surface area contributed by atoms with Crippen molar-refractivity contribution in [3.8, 4) is 0 Å². The molecule has 1 fully saturated rings. The predicted octanol–water partition coefficient (Wildman–Crippen LogP) is 3.18. The fourth-order valence-corrected chi connectivity index (χ4v) is 2.70. The molecular weight excluding hydrogens is 274 g/mol. The average molecular weight is 297 g/mol. The number of urea groups is 1. The van der Waals surface area contributed by atoms with Crippen molar-refractivity contribution in [1.82, 2.24) is 14.4 Å². The fourth-order valence-electron chi connectivity index (χ4n) is 2.70. The van der Waals surface area contributed by atoms with Gasteiger partial charge < -0.3 is 14.4 Å². The number of aromatic nitrogens is 1. The van der Waals surface area contributed by atoms with Gasteiger partial charge in [-0.2, -0.15) is 0 Å². The Morgan fingerprint density at radius 2 is 1.86 bits per heavy atom. The second-order valence-electron chi connectivity index (χ2n) is 6.15. The van der Waals surface area contributed by atoms with E-state index >= 15 is 0 Å². The fraction of sp³-hybridized carbons (Fsp3) is 0.389. The molecule has 0 spiro atoms. The Labute approximate surface area is 132 Å². The Kier molecular flexibility index (Phi) is 4.18. The van der Waals surface area contributed by atoms with Crippen LogP contribution < -0.4 is 0 Å². The number of carbonyl (C=O) groups excluding carboxylic acids is 1. The first-order chi connectivity index (χ1) is 10.6. The molecule has 2 aromatic rings. The summed E-state index contributed by atoms with van der Waals surface area (Å²) in [5.41, 5.74) is 2.46. The highest BCUT2D eigenvalue weighted by molar-refractivity contribution is 5.74. The topological polar surface area (TPSA) is 28.5 Å². The van der Waals surface area contributed by atoms with Crippen molar-refractivity contribution in [3.63, 3.8) is 0 Å². The van der Waals surface area contributed by atoms with Gasteiger partial charge in [-0.05, 0) is 30.5 Å². The van der Waals surface area contributed by atoms with Crippen molar-refractivity contribution in [1.29, 1.82) is 0 Å². The van der Waals surface area contributed by atoms with Crippen LogP contribution in [0.1, 0.15) is 24.1 Å². The van der Waals surface area contributed by atoms with E-state index < -0.39 is 0 Å². The number of carbonyl (C=O) groups is 1. The molecule has 0 N–H and O–H groups in total. The van der Waals surface area contributed by atoms with E-state index in [1.807, 2.05) is 25.1 Å². The Hall–Kier alpha value is -2.23. The molecule has 1 aliphatic carbocycles. The summed E-state index contributed by atoms with van der Waals surface area (Å²) in [4.78, 5) is 16.0. The SMILES string of the molecule is CN(C)C(=O)N(Cc1cccn1Cc1ccccc1)C1CC1. The van der Waals surface area contributed by atoms with Crippen molar-refractivity contribution in [2.75, 3.05) is 14.1 Å². The second kappa shape index (κ2) is 6.26. The number of benzene rings is 1. The van der Waals surface area contributed by atoms with Crippen LogP contribution in [0.4, 0.5) is 4.79 Å². The van der Waals surface area contributed by atoms with Gasteiger partial charge in [0, 0.05) is 38.6 Å². The van der Waals surface area contributed by atoms with Crippen LogP contribution in [0.5, 0.6) is 0 Å². The minimum absolute atomic E-state index is 0.106. The average Bonchev–Trinajstić information content (AvgIpc) is 3.27. The molecule has 0 bridgehead atoms. The zero-order valence-corrected chi connectivity index (χ0v) is 13.3. The van der Waals surface area contributed by atoms with E-state index in [1.165, 1.54) is 11.3 Å². The third kappa shape index (κ3) is 3.32. The number of amides is 2. The van der Waals surface area contributed by atoms with E-state index in [1.54, 1.807) is 4.90 Å². The van der Waals surface area contributed by atoms with Gasteiger partial charge in [0.05, 0.1) is 6.54 Å². The van der Waals surface area contributed by atoms with Gasteiger partial charge in [0.15, 0.2) is 0 Å². The van der Waals surface area contributed by atoms with Gasteiger partial charge >= 0.3 is 6.03 Å². The lowest BCUT2D eigenvalue weighted by atomic mass is 10.2. The highest BCUT2D eigenvalue weighted by Crippen LogP contribution is 2.29. The summed E-state index contributed by atoms with van der Waals surface area (Å²) in [7, 11) is 3.64. The van der Waals surface area contributed by atoms with Crippen LogP contribution >= 0.6 is 0 Å². The summed E-state index contributed by atoms with van der Waals surface area (Å²) in [6.45, 7) is 1.53. The van der Waals surface area contributed by atoms with Crippen molar-refractivity contribution in [3.05, 3.63) is 59.9 Å². The van der Waals surface area contributed by atoms with Crippen LogP contribution in [0.25, 0.3) is 0 Å². The molecule has 1 aromatic heterocycles. The van der Waals surface area contributed by atoms with Crippen LogP contribution in [-0.4, -0.2) is 40.5 Å². The van der Waals surface area contributed by atoms with Crippen molar-refractivity contribution in [2.24, 2.45) is 0 Å². The first kappa shape index (κ1) is 14.7. The second-order valence-corrected chi connectivity index (χ2v) is 6.15. The maximum atomic E-state index is 12.4. The molecule has 0 radical (unpaired) electrons. The third-order valence-corrected chi connectivity index (χ3v) is 4.07. The Bertz CT molecular complexity index is 629. The number of hydrogen-bond donors (Lipinski definition) is 0. The van der Waals surface area contributed by atoms with E-state index in [9.17, 15) is 4.79 Å². The van der Waals surface area contributed by atoms with E-state index in [0.29, 0.717) is 12.6 Å². The van der Waals surface area contributed by atoms with E-state index in [2.05, 4.69) is 47.2 Å². The lowest BCUT2D eigenvalue weighted by Crippen LogP contribution is -2.40. The Morgan fingerprint density at radius 3 is 2.50 bits per heavy atom. The molecule has 2 amide bonds. The van der Waals surface area contributed by atoms with Gasteiger partial charge in [-0.25, -0.2) is 4.79 Å². The van der Waals surface area contributed by atoms with Gasteiger partial charge in [0.25, 0.3) is 0 Å². The van der Waals surface area contributed by atoms with Crippen molar-refractivity contribution < 1.29 is 4.79 Å². The zero-order chi connectivity index (χ0) is 15.5. The minimum Gasteiger partial charge on any atom is -0.345 e. The van der Waals surface area contributed by atoms with Crippen molar-refractivity contribution >= 4 is 6.03 Å². The summed E-state index contributed by atoms with van der Waals surface area (Å²) >= 11 is 0. The molecule has 116 valence electrons. The summed E-state index contributed by atoms with van der Waals surface area (Å²) < 4.78 is 2.23. The largest absolute Gasteiger partial charge is 0.345 e. The van der Waals surface area contributed by atoms with Crippen LogP contribution in [0, 0.1) is 0 Å². The first-order valence-corrected chi connectivity index (χ1v) is 7.81. The number of rotatable bonds is 5. The monoisotopic (exact) mass is 297 g/mol. The first-order valence-electron chi connectivity index (χ1n) is 7.81. The van der Waals surface area contributed by atoms with Crippen molar-refractivity contribution in [2.45, 2.75) is 32.0 Å². The molecule has 4 heteroatoms. The lowest BCUT2D eigenvalue weighted by molar-refractivity contribution is 0.164. The van der Waals surface area contributed by atoms with Gasteiger partial charge in [0.1, 0.15) is 0 Å². The van der Waals surface area contributed by atoms with E-state index in [4.69, 9.17) is 0 Å². The molecule has 3 rings (SSSR count).